The van der Waals surface area contributed by atoms with Crippen molar-refractivity contribution in [3.63, 3.8) is 0 Å². The molecule has 12 N–H and O–H groups in total. The molecule has 52 heavy (non-hydrogen) atoms. The van der Waals surface area contributed by atoms with Crippen molar-refractivity contribution in [3.05, 3.63) is 119 Å². The Bertz CT molecular complexity index is 1690. The van der Waals surface area contributed by atoms with E-state index in [2.05, 4.69) is 36.4 Å². The first-order valence-corrected chi connectivity index (χ1v) is 15.5. The molecule has 0 saturated carbocycles. The van der Waals surface area contributed by atoms with Gasteiger partial charge < -0.3 is 46.7 Å². The minimum absolute atomic E-state index is 0. The maximum Gasteiger partial charge on any atom is 2.00 e. The van der Waals surface area contributed by atoms with Gasteiger partial charge in [0.05, 0.1) is 11.1 Å². The number of furan rings is 1. The van der Waals surface area contributed by atoms with E-state index in [1.165, 1.54) is 0 Å². The Morgan fingerprint density at radius 2 is 0.769 bits per heavy atom. The molecule has 3 heterocycles. The number of para-hydroxylation sites is 2. The van der Waals surface area contributed by atoms with Crippen LogP contribution in [0.4, 0.5) is 0 Å². The quantitative estimate of drug-likeness (QED) is 0.153. The number of ether oxygens (including phenoxy) is 2. The van der Waals surface area contributed by atoms with Gasteiger partial charge in [-0.2, -0.15) is 0 Å². The van der Waals surface area contributed by atoms with Crippen LogP contribution in [-0.2, 0) is 26.0 Å². The third kappa shape index (κ3) is 13.9. The van der Waals surface area contributed by atoms with Gasteiger partial charge in [-0.3, -0.25) is 0 Å². The van der Waals surface area contributed by atoms with E-state index in [9.17, 15) is 0 Å². The Kier molecular flexibility index (Phi) is 22.5. The molecule has 0 saturated heterocycles. The molecule has 19 nitrogen and oxygen atoms in total. The van der Waals surface area contributed by atoms with Crippen LogP contribution < -0.4 is 37.3 Å². The normalized spacial score (nSPS) is 15.4. The van der Waals surface area contributed by atoms with Crippen molar-refractivity contribution < 1.29 is 121 Å². The van der Waals surface area contributed by atoms with Gasteiger partial charge >= 0.3 is 16.5 Å². The maximum absolute atomic E-state index is 8.49. The first-order chi connectivity index (χ1) is 21.3. The van der Waals surface area contributed by atoms with Crippen molar-refractivity contribution in [3.8, 4) is 0 Å². The fourth-order valence-corrected chi connectivity index (χ4v) is 4.89. The van der Waals surface area contributed by atoms with Gasteiger partial charge in [-0.25, -0.2) is 47.3 Å². The molecule has 22 heteroatoms. The number of halogens is 2. The zero-order chi connectivity index (χ0) is 32.2. The third-order valence-electron chi connectivity index (χ3n) is 6.66. The summed E-state index contributed by atoms with van der Waals surface area (Å²) in [5, 5.41) is 2.04. The van der Waals surface area contributed by atoms with Gasteiger partial charge in [0.15, 0.2) is 0 Å². The summed E-state index contributed by atoms with van der Waals surface area (Å²) in [5.41, 5.74) is 5.54. The molecule has 1 aromatic heterocycles. The van der Waals surface area contributed by atoms with Crippen molar-refractivity contribution >= 4 is 33.7 Å². The van der Waals surface area contributed by atoms with Crippen LogP contribution >= 0.6 is 0 Å². The van der Waals surface area contributed by atoms with Gasteiger partial charge in [0.2, 0.25) is 11.8 Å². The van der Waals surface area contributed by atoms with Gasteiger partial charge in [-0.15, -0.1) is 20.5 Å². The van der Waals surface area contributed by atoms with Crippen LogP contribution in [0.5, 0.6) is 0 Å². The Hall–Kier alpha value is -3.87. The average Bonchev–Trinajstić information content (AvgIpc) is 3.75. The summed E-state index contributed by atoms with van der Waals surface area (Å²) in [4.78, 5) is 9.76. The first-order valence-electron chi connectivity index (χ1n) is 13.0. The number of fused-ring (bicyclic) bond motifs is 3. The zero-order valence-corrected chi connectivity index (χ0v) is 28.8. The summed E-state index contributed by atoms with van der Waals surface area (Å²) >= 11 is 0. The molecule has 0 aliphatic carbocycles. The molecule has 2 aliphatic heterocycles. The fourth-order valence-electron chi connectivity index (χ4n) is 4.89. The van der Waals surface area contributed by atoms with Crippen LogP contribution in [0.25, 0.3) is 21.9 Å². The van der Waals surface area contributed by atoms with E-state index >= 15 is 0 Å². The van der Waals surface area contributed by atoms with E-state index in [-0.39, 0.29) is 61.4 Å². The third-order valence-corrected chi connectivity index (χ3v) is 6.66. The Morgan fingerprint density at radius 1 is 0.462 bits per heavy atom. The van der Waals surface area contributed by atoms with Gasteiger partial charge in [-0.1, -0.05) is 84.9 Å². The number of nitrogens with zero attached hydrogens (tertiary/aromatic N) is 2. The molecule has 0 amide bonds. The van der Waals surface area contributed by atoms with Crippen LogP contribution in [0, 0.1) is 20.5 Å². The summed E-state index contributed by atoms with van der Waals surface area (Å²) in [7, 11) is -9.89. The largest absolute Gasteiger partial charge is 2.00 e. The summed E-state index contributed by atoms with van der Waals surface area (Å²) in [6.07, 6.45) is 0. The van der Waals surface area contributed by atoms with Gasteiger partial charge in [-0.05, 0) is 23.3 Å². The smallest absolute Gasteiger partial charge is 0.475 e. The minimum atomic E-state index is -4.94. The van der Waals surface area contributed by atoms with E-state index in [0.717, 1.165) is 44.2 Å². The predicted octanol–water partition coefficient (Wildman–Crippen LogP) is -7.84. The topological polar surface area (TPSA) is 430 Å². The van der Waals surface area contributed by atoms with E-state index in [0.29, 0.717) is 25.0 Å². The summed E-state index contributed by atoms with van der Waals surface area (Å²) in [5.74, 6) is 1.23. The summed E-state index contributed by atoms with van der Waals surface area (Å²) in [6.45, 7) is 1.04. The van der Waals surface area contributed by atoms with Crippen LogP contribution in [0.1, 0.15) is 34.3 Å². The molecular weight excluding hydrogens is 790 g/mol. The Morgan fingerprint density at radius 3 is 1.08 bits per heavy atom. The second-order valence-corrected chi connectivity index (χ2v) is 11.1. The van der Waals surface area contributed by atoms with Crippen LogP contribution in [0.3, 0.4) is 0 Å². The molecule has 0 radical (unpaired) electrons. The number of benzene rings is 4. The molecule has 7 rings (SSSR count). The molecule has 0 bridgehead atoms. The SMILES string of the molecule is O.O.O.O.O.O.[Ni+2].[O-][Cl+3]([O-])([O-])[O-].[O-][Cl+3]([O-])([O-])[O-].c1ccc([C@@H]2COC(c3cccc4c3oc3c(C5=N[C@H](c6ccccc6)CO5)cccc34)=N2)cc1. The molecule has 4 aromatic carbocycles. The van der Waals surface area contributed by atoms with Crippen LogP contribution in [-0.4, -0.2) is 57.9 Å². The molecule has 290 valence electrons. The standard InChI is InChI=1S/C30H22N2O3.2ClHO4.Ni.6H2O/c1-3-9-19(10-4-1)25-17-33-29(31-25)23-15-7-13-21-22-14-8-16-24(28(22)35-27(21)23)30-32-26(18-34-30)20-11-5-2-6-12-20;2*2-1(3,4)5;;;;;;;/h1-16,25-26H,17-18H2;2*(H,2,3,4,5);;6*1H2/q;;;+2;;;;;;/p-2/t25-,26-;;;;;;;;;/m0........./s1. The van der Waals surface area contributed by atoms with E-state index in [1.54, 1.807) is 0 Å². The zero-order valence-electron chi connectivity index (χ0n) is 26.3. The van der Waals surface area contributed by atoms with Crippen molar-refractivity contribution in [1.82, 2.24) is 0 Å². The van der Waals surface area contributed by atoms with E-state index in [4.69, 9.17) is 61.1 Å². The molecule has 5 aromatic rings. The minimum Gasteiger partial charge on any atom is -0.475 e. The van der Waals surface area contributed by atoms with Crippen molar-refractivity contribution in [2.75, 3.05) is 13.2 Å². The number of hydrogen-bond donors (Lipinski definition) is 0. The molecular formula is C30H34Cl2N2NiO17. The molecule has 0 spiro atoms. The molecule has 2 atom stereocenters. The van der Waals surface area contributed by atoms with Gasteiger partial charge in [0, 0.05) is 10.8 Å². The second kappa shape index (κ2) is 22.3. The number of rotatable bonds is 4. The Labute approximate surface area is 308 Å². The number of hydrogen-bond acceptors (Lipinski definition) is 13. The van der Waals surface area contributed by atoms with Gasteiger partial charge in [0.25, 0.3) is 0 Å². The number of aliphatic imine (C=N–C) groups is 2. The van der Waals surface area contributed by atoms with Crippen molar-refractivity contribution in [2.45, 2.75) is 12.1 Å². The monoisotopic (exact) mass is 822 g/mol. The van der Waals surface area contributed by atoms with Gasteiger partial charge in [0.1, 0.15) is 36.5 Å². The molecule has 0 unspecified atom stereocenters. The predicted molar refractivity (Wildman–Crippen MR) is 159 cm³/mol. The van der Waals surface area contributed by atoms with Crippen molar-refractivity contribution in [1.29, 1.82) is 0 Å². The summed E-state index contributed by atoms with van der Waals surface area (Å²) in [6, 6.07) is 32.6. The van der Waals surface area contributed by atoms with E-state index in [1.807, 2.05) is 60.7 Å². The molecule has 2 aliphatic rings. The maximum atomic E-state index is 8.49. The van der Waals surface area contributed by atoms with Crippen LogP contribution in [0.2, 0.25) is 0 Å². The fraction of sp³-hybridized carbons (Fsp3) is 0.133. The molecule has 0 fully saturated rings. The Balaban J connectivity index is -0.00000127. The first kappa shape index (κ1) is 52.5. The van der Waals surface area contributed by atoms with Crippen molar-refractivity contribution in [2.24, 2.45) is 9.98 Å². The second-order valence-electron chi connectivity index (χ2n) is 9.57. The van der Waals surface area contributed by atoms with E-state index < -0.39 is 20.5 Å². The average molecular weight is 824 g/mol. The summed E-state index contributed by atoms with van der Waals surface area (Å²) < 4.78 is 86.5. The van der Waals surface area contributed by atoms with Crippen LogP contribution in [0.15, 0.2) is 111 Å².